The highest BCUT2D eigenvalue weighted by Crippen LogP contribution is 2.39. The van der Waals surface area contributed by atoms with E-state index in [1.54, 1.807) is 6.07 Å². The van der Waals surface area contributed by atoms with Crippen molar-refractivity contribution in [2.24, 2.45) is 5.92 Å². The van der Waals surface area contributed by atoms with Crippen LogP contribution in [0, 0.1) is 18.7 Å². The molecule has 0 saturated carbocycles. The van der Waals surface area contributed by atoms with Crippen LogP contribution in [-0.2, 0) is 9.84 Å². The first-order chi connectivity index (χ1) is 7.89. The fourth-order valence-electron chi connectivity index (χ4n) is 2.22. The van der Waals surface area contributed by atoms with Crippen molar-refractivity contribution in [3.63, 3.8) is 0 Å². The lowest BCUT2D eigenvalue weighted by Crippen LogP contribution is -2.11. The lowest BCUT2D eigenvalue weighted by atomic mass is 9.95. The second-order valence-corrected chi connectivity index (χ2v) is 7.78. The quantitative estimate of drug-likeness (QED) is 0.785. The van der Waals surface area contributed by atoms with Crippen LogP contribution in [0.3, 0.4) is 0 Å². The number of hydrogen-bond acceptors (Lipinski definition) is 2. The van der Waals surface area contributed by atoms with Gasteiger partial charge in [0.05, 0.1) is 11.5 Å². The molecule has 1 heterocycles. The smallest absolute Gasteiger partial charge is 0.150 e. The lowest BCUT2D eigenvalue weighted by Gasteiger charge is -2.18. The molecule has 0 aliphatic carbocycles. The summed E-state index contributed by atoms with van der Waals surface area (Å²) in [5, 5.41) is 0. The van der Waals surface area contributed by atoms with Crippen molar-refractivity contribution in [1.29, 1.82) is 0 Å². The van der Waals surface area contributed by atoms with Crippen LogP contribution >= 0.6 is 15.9 Å². The predicted octanol–water partition coefficient (Wildman–Crippen LogP) is 3.00. The summed E-state index contributed by atoms with van der Waals surface area (Å²) in [4.78, 5) is -0.0875. The van der Waals surface area contributed by atoms with E-state index in [-0.39, 0.29) is 28.1 Å². The summed E-state index contributed by atoms with van der Waals surface area (Å²) < 4.78 is 36.1. The molecule has 1 aromatic rings. The summed E-state index contributed by atoms with van der Waals surface area (Å²) in [6.07, 6.45) is 0.647. The average Bonchev–Trinajstić information content (AvgIpc) is 2.61. The van der Waals surface area contributed by atoms with E-state index in [4.69, 9.17) is 0 Å². The van der Waals surface area contributed by atoms with Crippen LogP contribution in [0.15, 0.2) is 18.2 Å². The van der Waals surface area contributed by atoms with Gasteiger partial charge in [-0.1, -0.05) is 22.0 Å². The molecule has 1 saturated heterocycles. The van der Waals surface area contributed by atoms with Gasteiger partial charge >= 0.3 is 0 Å². The average molecular weight is 321 g/mol. The number of halogens is 2. The molecule has 17 heavy (non-hydrogen) atoms. The van der Waals surface area contributed by atoms with E-state index < -0.39 is 9.84 Å². The molecule has 2 rings (SSSR count). The minimum absolute atomic E-state index is 0.0421. The van der Waals surface area contributed by atoms with Crippen molar-refractivity contribution < 1.29 is 12.8 Å². The molecule has 0 N–H and O–H groups in total. The zero-order chi connectivity index (χ0) is 12.6. The van der Waals surface area contributed by atoms with Crippen LogP contribution in [0.2, 0.25) is 0 Å². The molecule has 1 fully saturated rings. The van der Waals surface area contributed by atoms with Gasteiger partial charge in [-0.2, -0.15) is 0 Å². The maximum absolute atomic E-state index is 13.2. The van der Waals surface area contributed by atoms with Gasteiger partial charge in [0.15, 0.2) is 9.84 Å². The SMILES string of the molecule is Cc1ccc(F)cc1C(Br)C1CCS(=O)(=O)C1. The topological polar surface area (TPSA) is 34.1 Å². The Morgan fingerprint density at radius 1 is 1.47 bits per heavy atom. The number of sulfone groups is 1. The summed E-state index contributed by atoms with van der Waals surface area (Å²) in [7, 11) is -2.90. The summed E-state index contributed by atoms with van der Waals surface area (Å²) in [5.74, 6) is 0.198. The molecule has 2 atom stereocenters. The first-order valence-electron chi connectivity index (χ1n) is 5.49. The molecule has 1 aromatic carbocycles. The van der Waals surface area contributed by atoms with Crippen molar-refractivity contribution in [2.75, 3.05) is 11.5 Å². The van der Waals surface area contributed by atoms with Crippen molar-refractivity contribution in [2.45, 2.75) is 18.2 Å². The van der Waals surface area contributed by atoms with E-state index in [2.05, 4.69) is 15.9 Å². The van der Waals surface area contributed by atoms with Crippen molar-refractivity contribution >= 4 is 25.8 Å². The molecular weight excluding hydrogens is 307 g/mol. The Morgan fingerprint density at radius 3 is 2.76 bits per heavy atom. The van der Waals surface area contributed by atoms with E-state index >= 15 is 0 Å². The molecule has 0 amide bonds. The number of rotatable bonds is 2. The second-order valence-electron chi connectivity index (χ2n) is 4.57. The lowest BCUT2D eigenvalue weighted by molar-refractivity contribution is 0.573. The van der Waals surface area contributed by atoms with Crippen LogP contribution in [0.25, 0.3) is 0 Å². The third-order valence-corrected chi connectivity index (χ3v) is 6.25. The van der Waals surface area contributed by atoms with Crippen LogP contribution in [0.5, 0.6) is 0 Å². The maximum Gasteiger partial charge on any atom is 0.150 e. The van der Waals surface area contributed by atoms with Crippen molar-refractivity contribution in [3.8, 4) is 0 Å². The summed E-state index contributed by atoms with van der Waals surface area (Å²) in [5.41, 5.74) is 1.84. The zero-order valence-electron chi connectivity index (χ0n) is 9.49. The van der Waals surface area contributed by atoms with Crippen molar-refractivity contribution in [1.82, 2.24) is 0 Å². The molecule has 2 nitrogen and oxygen atoms in total. The molecule has 0 bridgehead atoms. The Hall–Kier alpha value is -0.420. The number of alkyl halides is 1. The van der Waals surface area contributed by atoms with Gasteiger partial charge in [-0.25, -0.2) is 12.8 Å². The fourth-order valence-corrected chi connectivity index (χ4v) is 5.25. The van der Waals surface area contributed by atoms with Gasteiger partial charge in [0, 0.05) is 4.83 Å². The third-order valence-electron chi connectivity index (χ3n) is 3.22. The number of hydrogen-bond donors (Lipinski definition) is 0. The molecule has 1 aliphatic heterocycles. The monoisotopic (exact) mass is 320 g/mol. The van der Waals surface area contributed by atoms with Gasteiger partial charge in [0.2, 0.25) is 0 Å². The van der Waals surface area contributed by atoms with E-state index in [0.717, 1.165) is 11.1 Å². The summed E-state index contributed by atoms with van der Waals surface area (Å²) >= 11 is 3.52. The standard InChI is InChI=1S/C12H14BrFO2S/c1-8-2-3-10(14)6-11(8)12(13)9-4-5-17(15,16)7-9/h2-3,6,9,12H,4-5,7H2,1H3. The fraction of sp³-hybridized carbons (Fsp3) is 0.500. The van der Waals surface area contributed by atoms with Gasteiger partial charge in [0.25, 0.3) is 0 Å². The van der Waals surface area contributed by atoms with E-state index in [1.165, 1.54) is 12.1 Å². The van der Waals surface area contributed by atoms with Gasteiger partial charge in [-0.15, -0.1) is 0 Å². The minimum Gasteiger partial charge on any atom is -0.229 e. The van der Waals surface area contributed by atoms with Crippen LogP contribution in [0.1, 0.15) is 22.4 Å². The first kappa shape index (κ1) is 13.0. The number of aryl methyl sites for hydroxylation is 1. The molecule has 5 heteroatoms. The second kappa shape index (κ2) is 4.69. The predicted molar refractivity (Wildman–Crippen MR) is 69.6 cm³/mol. The molecule has 2 unspecified atom stereocenters. The van der Waals surface area contributed by atoms with E-state index in [0.29, 0.717) is 6.42 Å². The maximum atomic E-state index is 13.2. The Morgan fingerprint density at radius 2 is 2.18 bits per heavy atom. The molecule has 1 aliphatic rings. The highest BCUT2D eigenvalue weighted by atomic mass is 79.9. The van der Waals surface area contributed by atoms with E-state index in [1.807, 2.05) is 6.92 Å². The van der Waals surface area contributed by atoms with Crippen LogP contribution < -0.4 is 0 Å². The molecule has 0 radical (unpaired) electrons. The first-order valence-corrected chi connectivity index (χ1v) is 8.23. The Labute approximate surface area is 109 Å². The highest BCUT2D eigenvalue weighted by molar-refractivity contribution is 9.09. The summed E-state index contributed by atoms with van der Waals surface area (Å²) in [6, 6.07) is 4.63. The van der Waals surface area contributed by atoms with Gasteiger partial charge in [0.1, 0.15) is 5.82 Å². The minimum atomic E-state index is -2.90. The van der Waals surface area contributed by atoms with Gasteiger partial charge in [-0.05, 0) is 42.5 Å². The van der Waals surface area contributed by atoms with Gasteiger partial charge < -0.3 is 0 Å². The Balaban J connectivity index is 2.26. The highest BCUT2D eigenvalue weighted by Gasteiger charge is 2.33. The molecule has 94 valence electrons. The third kappa shape index (κ3) is 2.88. The van der Waals surface area contributed by atoms with Gasteiger partial charge in [-0.3, -0.25) is 0 Å². The molecule has 0 spiro atoms. The number of benzene rings is 1. The van der Waals surface area contributed by atoms with Crippen LogP contribution in [-0.4, -0.2) is 19.9 Å². The molecule has 0 aromatic heterocycles. The summed E-state index contributed by atoms with van der Waals surface area (Å²) in [6.45, 7) is 1.91. The zero-order valence-corrected chi connectivity index (χ0v) is 11.9. The van der Waals surface area contributed by atoms with Crippen LogP contribution in [0.4, 0.5) is 4.39 Å². The van der Waals surface area contributed by atoms with Crippen molar-refractivity contribution in [3.05, 3.63) is 35.1 Å². The largest absolute Gasteiger partial charge is 0.229 e. The van der Waals surface area contributed by atoms with E-state index in [9.17, 15) is 12.8 Å². The molecular formula is C12H14BrFO2S. The Kier molecular flexibility index (Phi) is 3.59. The normalized spacial score (nSPS) is 24.8. The Bertz CT molecular complexity index is 527.